The normalized spacial score (nSPS) is 13.6. The summed E-state index contributed by atoms with van der Waals surface area (Å²) in [5.74, 6) is 0.119. The molecule has 0 fully saturated rings. The van der Waals surface area contributed by atoms with Gasteiger partial charge in [-0.05, 0) is 34.9 Å². The number of benzene rings is 2. The van der Waals surface area contributed by atoms with Crippen molar-refractivity contribution < 1.29 is 19.4 Å². The lowest BCUT2D eigenvalue weighted by Crippen LogP contribution is -2.18. The van der Waals surface area contributed by atoms with Crippen LogP contribution in [0.4, 0.5) is 0 Å². The van der Waals surface area contributed by atoms with Gasteiger partial charge in [-0.3, -0.25) is 14.7 Å². The Labute approximate surface area is 167 Å². The van der Waals surface area contributed by atoms with Gasteiger partial charge in [0, 0.05) is 30.0 Å². The molecule has 0 spiro atoms. The number of rotatable bonds is 6. The molecule has 150 valence electrons. The van der Waals surface area contributed by atoms with E-state index in [2.05, 4.69) is 16.3 Å². The monoisotopic (exact) mass is 394 g/mol. The van der Waals surface area contributed by atoms with Gasteiger partial charge in [0.2, 0.25) is 0 Å². The molecule has 0 radical (unpaired) electrons. The minimum Gasteiger partial charge on any atom is -0.508 e. The maximum Gasteiger partial charge on any atom is 0.306 e. The Kier molecular flexibility index (Phi) is 5.12. The maximum absolute atomic E-state index is 12.7. The molecule has 1 aromatic heterocycles. The number of methoxy groups -OCH3 is 1. The van der Waals surface area contributed by atoms with E-state index in [9.17, 15) is 14.7 Å². The predicted octanol–water partition coefficient (Wildman–Crippen LogP) is 2.63. The lowest BCUT2D eigenvalue weighted by Gasteiger charge is -2.16. The molecule has 0 saturated carbocycles. The Morgan fingerprint density at radius 2 is 2.00 bits per heavy atom. The van der Waals surface area contributed by atoms with Crippen LogP contribution in [0, 0.1) is 0 Å². The lowest BCUT2D eigenvalue weighted by atomic mass is 9.87. The smallest absolute Gasteiger partial charge is 0.306 e. The fourth-order valence-electron chi connectivity index (χ4n) is 3.81. The highest BCUT2D eigenvalue weighted by atomic mass is 16.5. The van der Waals surface area contributed by atoms with E-state index in [4.69, 9.17) is 9.47 Å². The fraction of sp³-hybridized carbons (Fsp3) is 0.273. The minimum atomic E-state index is -0.495. The van der Waals surface area contributed by atoms with Crippen LogP contribution in [0.25, 0.3) is 0 Å². The second-order valence-corrected chi connectivity index (χ2v) is 7.11. The zero-order valence-corrected chi connectivity index (χ0v) is 16.0. The summed E-state index contributed by atoms with van der Waals surface area (Å²) in [5, 5.41) is 15.2. The molecule has 3 N–H and O–H groups in total. The summed E-state index contributed by atoms with van der Waals surface area (Å²) < 4.78 is 10.4. The molecular weight excluding hydrogens is 372 g/mol. The molecule has 1 atom stereocenters. The third kappa shape index (κ3) is 3.89. The first kappa shape index (κ1) is 18.9. The van der Waals surface area contributed by atoms with Crippen molar-refractivity contribution in [3.8, 4) is 11.5 Å². The first-order valence-corrected chi connectivity index (χ1v) is 9.45. The van der Waals surface area contributed by atoms with Crippen molar-refractivity contribution in [1.29, 1.82) is 0 Å². The van der Waals surface area contributed by atoms with Crippen LogP contribution in [0.3, 0.4) is 0 Å². The molecule has 7 nitrogen and oxygen atoms in total. The first-order chi connectivity index (χ1) is 14.0. The van der Waals surface area contributed by atoms with E-state index in [0.717, 1.165) is 34.6 Å². The van der Waals surface area contributed by atoms with Crippen LogP contribution < -0.4 is 10.3 Å². The molecule has 0 saturated heterocycles. The molecule has 29 heavy (non-hydrogen) atoms. The molecular formula is C22H22N2O5. The van der Waals surface area contributed by atoms with Crippen LogP contribution in [0.15, 0.2) is 47.3 Å². The number of hydrogen-bond donors (Lipinski definition) is 3. The molecule has 2 aromatic carbocycles. The van der Waals surface area contributed by atoms with Crippen molar-refractivity contribution in [1.82, 2.24) is 10.2 Å². The number of phenols is 1. The standard InChI is InChI=1S/C22H22N2O5/c1-28-20(26)12-17(14-3-5-16(25)6-4-14)21-18(23-24-22(21)27)11-13-2-7-19-15(10-13)8-9-29-19/h2-7,10,17,25H,8-9,11-12H2,1H3,(H2,23,24,27)/t17-/m1/s1. The van der Waals surface area contributed by atoms with Gasteiger partial charge in [-0.2, -0.15) is 0 Å². The summed E-state index contributed by atoms with van der Waals surface area (Å²) in [6, 6.07) is 12.5. The summed E-state index contributed by atoms with van der Waals surface area (Å²) in [7, 11) is 1.32. The molecule has 4 rings (SSSR count). The molecule has 0 aliphatic carbocycles. The highest BCUT2D eigenvalue weighted by Gasteiger charge is 2.26. The van der Waals surface area contributed by atoms with E-state index in [-0.39, 0.29) is 17.7 Å². The number of ether oxygens (including phenoxy) is 2. The average molecular weight is 394 g/mol. The summed E-state index contributed by atoms with van der Waals surface area (Å²) in [6.45, 7) is 0.688. The van der Waals surface area contributed by atoms with Gasteiger partial charge < -0.3 is 19.7 Å². The largest absolute Gasteiger partial charge is 0.508 e. The second kappa shape index (κ2) is 7.87. The van der Waals surface area contributed by atoms with Gasteiger partial charge in [0.25, 0.3) is 5.56 Å². The molecule has 3 aromatic rings. The van der Waals surface area contributed by atoms with E-state index in [0.29, 0.717) is 18.6 Å². The van der Waals surface area contributed by atoms with E-state index in [1.807, 2.05) is 12.1 Å². The molecule has 0 unspecified atom stereocenters. The third-order valence-corrected chi connectivity index (χ3v) is 5.27. The van der Waals surface area contributed by atoms with E-state index in [1.165, 1.54) is 7.11 Å². The van der Waals surface area contributed by atoms with Gasteiger partial charge >= 0.3 is 5.97 Å². The van der Waals surface area contributed by atoms with Crippen LogP contribution in [0.2, 0.25) is 0 Å². The Morgan fingerprint density at radius 3 is 2.76 bits per heavy atom. The van der Waals surface area contributed by atoms with Crippen molar-refractivity contribution >= 4 is 5.97 Å². The first-order valence-electron chi connectivity index (χ1n) is 9.45. The van der Waals surface area contributed by atoms with Gasteiger partial charge in [0.05, 0.1) is 20.1 Å². The second-order valence-electron chi connectivity index (χ2n) is 7.11. The number of fused-ring (bicyclic) bond motifs is 1. The highest BCUT2D eigenvalue weighted by Crippen LogP contribution is 2.31. The Balaban J connectivity index is 1.71. The SMILES string of the molecule is COC(=O)C[C@H](c1ccc(O)cc1)c1c(Cc2ccc3c(c2)CCO3)[nH][nH]c1=O. The highest BCUT2D eigenvalue weighted by molar-refractivity contribution is 5.71. The number of carbonyl (C=O) groups excluding carboxylic acids is 1. The van der Waals surface area contributed by atoms with E-state index in [1.54, 1.807) is 24.3 Å². The topological polar surface area (TPSA) is 104 Å². The predicted molar refractivity (Wildman–Crippen MR) is 106 cm³/mol. The molecule has 1 aliphatic rings. The number of aromatic nitrogens is 2. The number of aromatic amines is 2. The number of hydrogen-bond acceptors (Lipinski definition) is 5. The van der Waals surface area contributed by atoms with Gasteiger partial charge in [-0.25, -0.2) is 0 Å². The van der Waals surface area contributed by atoms with Crippen LogP contribution in [0.5, 0.6) is 11.5 Å². The Morgan fingerprint density at radius 1 is 1.21 bits per heavy atom. The van der Waals surface area contributed by atoms with Crippen molar-refractivity contribution in [2.75, 3.05) is 13.7 Å². The summed E-state index contributed by atoms with van der Waals surface area (Å²) in [6.07, 6.45) is 1.41. The lowest BCUT2D eigenvalue weighted by molar-refractivity contribution is -0.140. The van der Waals surface area contributed by atoms with Crippen molar-refractivity contribution in [3.63, 3.8) is 0 Å². The van der Waals surface area contributed by atoms with Gasteiger partial charge in [0.1, 0.15) is 11.5 Å². The number of carbonyl (C=O) groups is 1. The van der Waals surface area contributed by atoms with Crippen molar-refractivity contribution in [3.05, 3.63) is 80.8 Å². The zero-order chi connectivity index (χ0) is 20.4. The number of H-pyrrole nitrogens is 2. The summed E-state index contributed by atoms with van der Waals surface area (Å²) >= 11 is 0. The quantitative estimate of drug-likeness (QED) is 0.558. The van der Waals surface area contributed by atoms with Crippen molar-refractivity contribution in [2.24, 2.45) is 0 Å². The Bertz CT molecular complexity index is 1080. The Hall–Kier alpha value is -3.48. The number of nitrogens with one attached hydrogen (secondary N) is 2. The van der Waals surface area contributed by atoms with Crippen LogP contribution in [0.1, 0.15) is 40.3 Å². The summed E-state index contributed by atoms with van der Waals surface area (Å²) in [5.41, 5.74) is 3.90. The fourth-order valence-corrected chi connectivity index (χ4v) is 3.81. The van der Waals surface area contributed by atoms with Gasteiger partial charge in [-0.1, -0.05) is 24.3 Å². The number of esters is 1. The van der Waals surface area contributed by atoms with Gasteiger partial charge in [0.15, 0.2) is 0 Å². The van der Waals surface area contributed by atoms with Gasteiger partial charge in [-0.15, -0.1) is 0 Å². The number of phenolic OH excluding ortho intramolecular Hbond substituents is 1. The van der Waals surface area contributed by atoms with Crippen molar-refractivity contribution in [2.45, 2.75) is 25.2 Å². The molecule has 1 aliphatic heterocycles. The third-order valence-electron chi connectivity index (χ3n) is 5.27. The maximum atomic E-state index is 12.7. The molecule has 0 bridgehead atoms. The van der Waals surface area contributed by atoms with Crippen LogP contribution >= 0.6 is 0 Å². The van der Waals surface area contributed by atoms with Crippen LogP contribution in [-0.4, -0.2) is 35.0 Å². The molecule has 2 heterocycles. The average Bonchev–Trinajstić information content (AvgIpc) is 3.33. The van der Waals surface area contributed by atoms with E-state index >= 15 is 0 Å². The zero-order valence-electron chi connectivity index (χ0n) is 16.0. The summed E-state index contributed by atoms with van der Waals surface area (Å²) in [4.78, 5) is 24.7. The number of aromatic hydroxyl groups is 1. The molecule has 0 amide bonds. The molecule has 7 heteroatoms. The van der Waals surface area contributed by atoms with Crippen LogP contribution in [-0.2, 0) is 22.4 Å². The minimum absolute atomic E-state index is 0.0211. The van der Waals surface area contributed by atoms with E-state index < -0.39 is 11.9 Å².